The molecule has 1 amide bonds. The van der Waals surface area contributed by atoms with Gasteiger partial charge in [0, 0.05) is 5.92 Å². The first kappa shape index (κ1) is 14.4. The van der Waals surface area contributed by atoms with Crippen LogP contribution >= 0.6 is 0 Å². The van der Waals surface area contributed by atoms with Crippen molar-refractivity contribution >= 4 is 11.9 Å². The van der Waals surface area contributed by atoms with Gasteiger partial charge in [0.1, 0.15) is 6.04 Å². The fourth-order valence-electron chi connectivity index (χ4n) is 0.598. The number of amides is 1. The average Bonchev–Trinajstić information content (AvgIpc) is 2.07. The molecule has 0 aliphatic heterocycles. The Morgan fingerprint density at radius 1 is 1.38 bits per heavy atom. The van der Waals surface area contributed by atoms with Crippen molar-refractivity contribution in [3.05, 3.63) is 0 Å². The van der Waals surface area contributed by atoms with E-state index in [-0.39, 0.29) is 6.42 Å². The van der Waals surface area contributed by atoms with Gasteiger partial charge in [0.2, 0.25) is 5.91 Å². The fourth-order valence-corrected chi connectivity index (χ4v) is 0.598. The Labute approximate surface area is 78.1 Å². The van der Waals surface area contributed by atoms with E-state index in [2.05, 4.69) is 0 Å². The van der Waals surface area contributed by atoms with Gasteiger partial charge in [-0.2, -0.15) is 0 Å². The number of nitrogens with two attached hydrogens (primary N) is 2. The van der Waals surface area contributed by atoms with Gasteiger partial charge in [0.15, 0.2) is 0 Å². The number of carbonyl (C=O) groups excluding carboxylic acids is 1. The molecule has 0 aromatic heterocycles. The van der Waals surface area contributed by atoms with E-state index < -0.39 is 23.8 Å². The van der Waals surface area contributed by atoms with Gasteiger partial charge in [0.05, 0.1) is 0 Å². The van der Waals surface area contributed by atoms with Gasteiger partial charge in [-0.15, -0.1) is 0 Å². The molecule has 0 aromatic carbocycles. The molecule has 5 N–H and O–H groups in total. The zero-order valence-electron chi connectivity index (χ0n) is 8.28. The summed E-state index contributed by atoms with van der Waals surface area (Å²) < 4.78 is 0. The largest absolute Gasteiger partial charge is 0.480 e. The third-order valence-electron chi connectivity index (χ3n) is 1.41. The molecule has 0 spiro atoms. The molecule has 0 aliphatic carbocycles. The molecule has 0 heterocycles. The quantitative estimate of drug-likeness (QED) is 0.577. The minimum atomic E-state index is -1.11. The van der Waals surface area contributed by atoms with Crippen molar-refractivity contribution in [2.45, 2.75) is 33.2 Å². The first-order valence-corrected chi connectivity index (χ1v) is 4.23. The summed E-state index contributed by atoms with van der Waals surface area (Å²) in [6.45, 7) is 5.55. The number of hydrogen-bond acceptors (Lipinski definition) is 3. The van der Waals surface area contributed by atoms with E-state index in [0.717, 1.165) is 0 Å². The van der Waals surface area contributed by atoms with Crippen molar-refractivity contribution in [3.8, 4) is 0 Å². The fraction of sp³-hybridized carbons (Fsp3) is 0.750. The van der Waals surface area contributed by atoms with Crippen LogP contribution in [0, 0.1) is 5.92 Å². The summed E-state index contributed by atoms with van der Waals surface area (Å²) in [5.41, 5.74) is 10.0. The van der Waals surface area contributed by atoms with Crippen molar-refractivity contribution in [1.82, 2.24) is 0 Å². The van der Waals surface area contributed by atoms with E-state index in [4.69, 9.17) is 16.6 Å². The Bertz CT molecular complexity index is 153. The molecule has 78 valence electrons. The van der Waals surface area contributed by atoms with Crippen molar-refractivity contribution in [2.75, 3.05) is 0 Å². The summed E-state index contributed by atoms with van der Waals surface area (Å²) in [5, 5.41) is 8.34. The van der Waals surface area contributed by atoms with Gasteiger partial charge >= 0.3 is 5.97 Å². The monoisotopic (exact) mass is 190 g/mol. The normalized spacial score (nSPS) is 13.5. The highest BCUT2D eigenvalue weighted by Gasteiger charge is 2.18. The lowest BCUT2D eigenvalue weighted by Gasteiger charge is -2.09. The zero-order chi connectivity index (χ0) is 11.0. The number of hydrogen-bond donors (Lipinski definition) is 3. The van der Waals surface area contributed by atoms with E-state index in [9.17, 15) is 9.59 Å². The molecule has 5 heteroatoms. The third-order valence-corrected chi connectivity index (χ3v) is 1.41. The van der Waals surface area contributed by atoms with Gasteiger partial charge in [-0.05, 0) is 6.42 Å². The van der Waals surface area contributed by atoms with E-state index in [1.807, 2.05) is 13.8 Å². The maximum Gasteiger partial charge on any atom is 0.320 e. The predicted molar refractivity (Wildman–Crippen MR) is 49.9 cm³/mol. The van der Waals surface area contributed by atoms with Crippen LogP contribution in [0.5, 0.6) is 0 Å². The lowest BCUT2D eigenvalue weighted by atomic mass is 10.0. The Morgan fingerprint density at radius 2 is 1.77 bits per heavy atom. The first-order chi connectivity index (χ1) is 5.95. The summed E-state index contributed by atoms with van der Waals surface area (Å²) in [4.78, 5) is 20.6. The number of carboxylic acids is 1. The number of carbonyl (C=O) groups is 2. The van der Waals surface area contributed by atoms with Crippen LogP contribution in [0.15, 0.2) is 0 Å². The Balaban J connectivity index is 0. The average molecular weight is 190 g/mol. The molecule has 0 fully saturated rings. The topological polar surface area (TPSA) is 106 Å². The molecule has 2 unspecified atom stereocenters. The highest BCUT2D eigenvalue weighted by molar-refractivity contribution is 5.78. The van der Waals surface area contributed by atoms with Crippen LogP contribution in [-0.2, 0) is 9.59 Å². The minimum absolute atomic E-state index is 0.0880. The van der Waals surface area contributed by atoms with Crippen LogP contribution in [0.25, 0.3) is 0 Å². The van der Waals surface area contributed by atoms with E-state index >= 15 is 0 Å². The maximum atomic E-state index is 10.4. The van der Waals surface area contributed by atoms with Crippen LogP contribution in [0.1, 0.15) is 27.2 Å². The number of rotatable bonds is 4. The SMILES string of the molecule is CC.CC(CC(N)C(=O)O)C(N)=O. The van der Waals surface area contributed by atoms with Crippen LogP contribution in [0.2, 0.25) is 0 Å². The Morgan fingerprint density at radius 3 is 2.00 bits per heavy atom. The van der Waals surface area contributed by atoms with Gasteiger partial charge < -0.3 is 16.6 Å². The van der Waals surface area contributed by atoms with Crippen LogP contribution < -0.4 is 11.5 Å². The van der Waals surface area contributed by atoms with Gasteiger partial charge in [0.25, 0.3) is 0 Å². The van der Waals surface area contributed by atoms with Crippen molar-refractivity contribution in [1.29, 1.82) is 0 Å². The summed E-state index contributed by atoms with van der Waals surface area (Å²) in [7, 11) is 0. The van der Waals surface area contributed by atoms with Crippen LogP contribution in [-0.4, -0.2) is 23.0 Å². The second-order valence-corrected chi connectivity index (χ2v) is 2.48. The van der Waals surface area contributed by atoms with Crippen LogP contribution in [0.3, 0.4) is 0 Å². The summed E-state index contributed by atoms with van der Waals surface area (Å²) in [5.74, 6) is -2.12. The third kappa shape index (κ3) is 7.27. The van der Waals surface area contributed by atoms with Gasteiger partial charge in [-0.25, -0.2) is 0 Å². The maximum absolute atomic E-state index is 10.4. The molecule has 2 atom stereocenters. The van der Waals surface area contributed by atoms with E-state index in [1.165, 1.54) is 0 Å². The first-order valence-electron chi connectivity index (χ1n) is 4.23. The number of carboxylic acid groups (broad SMARTS) is 1. The standard InChI is InChI=1S/C6H12N2O3.C2H6/c1-3(5(8)9)2-4(7)6(10)11;1-2/h3-4H,2,7H2,1H3,(H2,8,9)(H,10,11);1-2H3. The highest BCUT2D eigenvalue weighted by Crippen LogP contribution is 2.02. The molecule has 0 rings (SSSR count). The molecule has 0 bridgehead atoms. The molecule has 13 heavy (non-hydrogen) atoms. The zero-order valence-corrected chi connectivity index (χ0v) is 8.28. The predicted octanol–water partition coefficient (Wildman–Crippen LogP) is -0.0640. The van der Waals surface area contributed by atoms with E-state index in [0.29, 0.717) is 0 Å². The Hall–Kier alpha value is -1.10. The van der Waals surface area contributed by atoms with Crippen molar-refractivity contribution < 1.29 is 14.7 Å². The molecule has 5 nitrogen and oxygen atoms in total. The summed E-state index contributed by atoms with van der Waals surface area (Å²) in [6, 6.07) is -1.00. The summed E-state index contributed by atoms with van der Waals surface area (Å²) >= 11 is 0. The second kappa shape index (κ2) is 7.54. The molecular formula is C8H18N2O3. The molecule has 0 aromatic rings. The molecule has 0 saturated carbocycles. The molecule has 0 radical (unpaired) electrons. The highest BCUT2D eigenvalue weighted by atomic mass is 16.4. The molecule has 0 saturated heterocycles. The lowest BCUT2D eigenvalue weighted by molar-refractivity contribution is -0.139. The molecule has 0 aliphatic rings. The number of aliphatic carboxylic acids is 1. The van der Waals surface area contributed by atoms with Crippen molar-refractivity contribution in [3.63, 3.8) is 0 Å². The second-order valence-electron chi connectivity index (χ2n) is 2.48. The van der Waals surface area contributed by atoms with Crippen LogP contribution in [0.4, 0.5) is 0 Å². The smallest absolute Gasteiger partial charge is 0.320 e. The Kier molecular flexibility index (Phi) is 8.37. The molecular weight excluding hydrogens is 172 g/mol. The van der Waals surface area contributed by atoms with Gasteiger partial charge in [-0.1, -0.05) is 20.8 Å². The van der Waals surface area contributed by atoms with E-state index in [1.54, 1.807) is 6.92 Å². The summed E-state index contributed by atoms with van der Waals surface area (Å²) in [6.07, 6.45) is 0.0880. The number of primary amides is 1. The minimum Gasteiger partial charge on any atom is -0.480 e. The van der Waals surface area contributed by atoms with Gasteiger partial charge in [-0.3, -0.25) is 9.59 Å². The lowest BCUT2D eigenvalue weighted by Crippen LogP contribution is -2.35. The van der Waals surface area contributed by atoms with Crippen molar-refractivity contribution in [2.24, 2.45) is 17.4 Å².